The van der Waals surface area contributed by atoms with Gasteiger partial charge in [0.05, 0.1) is 8.07 Å². The van der Waals surface area contributed by atoms with Crippen LogP contribution in [-0.2, 0) is 4.74 Å². The van der Waals surface area contributed by atoms with E-state index in [1.54, 1.807) is 0 Å². The zero-order chi connectivity index (χ0) is 8.32. The van der Waals surface area contributed by atoms with Crippen molar-refractivity contribution >= 4 is 8.07 Å². The van der Waals surface area contributed by atoms with Crippen molar-refractivity contribution < 1.29 is 4.74 Å². The van der Waals surface area contributed by atoms with Gasteiger partial charge in [0.15, 0.2) is 0 Å². The first kappa shape index (κ1) is 9.27. The highest BCUT2D eigenvalue weighted by Gasteiger charge is 2.31. The lowest BCUT2D eigenvalue weighted by atomic mass is 10.2. The Morgan fingerprint density at radius 1 is 1.36 bits per heavy atom. The predicted octanol–water partition coefficient (Wildman–Crippen LogP) is 2.82. The van der Waals surface area contributed by atoms with Gasteiger partial charge in [-0.2, -0.15) is 0 Å². The maximum absolute atomic E-state index is 5.80. The third-order valence-corrected chi connectivity index (χ3v) is 6.98. The average Bonchev–Trinajstić information content (AvgIpc) is 2.06. The Labute approximate surface area is 71.1 Å². The van der Waals surface area contributed by atoms with Gasteiger partial charge in [-0.3, -0.25) is 0 Å². The number of hydrogen-bond donors (Lipinski definition) is 0. The van der Waals surface area contributed by atoms with E-state index in [9.17, 15) is 0 Å². The maximum atomic E-state index is 5.80. The van der Waals surface area contributed by atoms with Crippen LogP contribution in [0.1, 0.15) is 26.2 Å². The van der Waals surface area contributed by atoms with E-state index < -0.39 is 8.07 Å². The van der Waals surface area contributed by atoms with Crippen LogP contribution < -0.4 is 0 Å². The van der Waals surface area contributed by atoms with E-state index in [1.165, 1.54) is 25.3 Å². The number of rotatable bonds is 2. The van der Waals surface area contributed by atoms with E-state index in [0.717, 1.165) is 6.61 Å². The van der Waals surface area contributed by atoms with Crippen LogP contribution >= 0.6 is 0 Å². The van der Waals surface area contributed by atoms with Gasteiger partial charge in [-0.25, -0.2) is 0 Å². The third-order valence-electron chi connectivity index (χ3n) is 2.96. The smallest absolute Gasteiger partial charge is 0.0812 e. The Morgan fingerprint density at radius 3 is 2.55 bits per heavy atom. The summed E-state index contributed by atoms with van der Waals surface area (Å²) in [7, 11) is -0.999. The van der Waals surface area contributed by atoms with Crippen molar-refractivity contribution in [2.75, 3.05) is 6.61 Å². The summed E-state index contributed by atoms with van der Waals surface area (Å²) in [5.41, 5.74) is 0.654. The van der Waals surface area contributed by atoms with Crippen LogP contribution in [0, 0.1) is 0 Å². The first-order valence-corrected chi connectivity index (χ1v) is 8.07. The van der Waals surface area contributed by atoms with Crippen LogP contribution in [0.4, 0.5) is 0 Å². The predicted molar refractivity (Wildman–Crippen MR) is 51.6 cm³/mol. The van der Waals surface area contributed by atoms with Crippen molar-refractivity contribution in [1.82, 2.24) is 0 Å². The van der Waals surface area contributed by atoms with Gasteiger partial charge in [0.1, 0.15) is 0 Å². The van der Waals surface area contributed by atoms with Crippen LogP contribution in [0.25, 0.3) is 0 Å². The second-order valence-electron chi connectivity index (χ2n) is 4.20. The second-order valence-corrected chi connectivity index (χ2v) is 9.53. The molecule has 0 N–H and O–H groups in total. The summed E-state index contributed by atoms with van der Waals surface area (Å²) < 4.78 is 5.80. The van der Waals surface area contributed by atoms with Gasteiger partial charge in [-0.05, 0) is 19.3 Å². The topological polar surface area (TPSA) is 9.23 Å². The van der Waals surface area contributed by atoms with Gasteiger partial charge in [0.2, 0.25) is 0 Å². The summed E-state index contributed by atoms with van der Waals surface area (Å²) in [6.45, 7) is 8.22. The standard InChI is InChI=1S/C9H20OSi/c1-4-11(2,3)9-7-5-6-8-10-9/h9H,4-8H2,1-3H3. The Morgan fingerprint density at radius 2 is 2.09 bits per heavy atom. The molecule has 1 fully saturated rings. The van der Waals surface area contributed by atoms with Crippen molar-refractivity contribution in [3.63, 3.8) is 0 Å². The summed E-state index contributed by atoms with van der Waals surface area (Å²) in [5.74, 6) is 0. The van der Waals surface area contributed by atoms with Gasteiger partial charge in [0.25, 0.3) is 0 Å². The molecule has 1 aliphatic heterocycles. The normalized spacial score (nSPS) is 27.0. The van der Waals surface area contributed by atoms with E-state index >= 15 is 0 Å². The van der Waals surface area contributed by atoms with Gasteiger partial charge < -0.3 is 4.74 Å². The van der Waals surface area contributed by atoms with Gasteiger partial charge in [-0.15, -0.1) is 0 Å². The SMILES string of the molecule is CC[Si](C)(C)C1CCCCO1. The zero-order valence-electron chi connectivity index (χ0n) is 8.02. The molecular weight excluding hydrogens is 152 g/mol. The first-order valence-electron chi connectivity index (χ1n) is 4.78. The van der Waals surface area contributed by atoms with Crippen molar-refractivity contribution in [3.05, 3.63) is 0 Å². The lowest BCUT2D eigenvalue weighted by Crippen LogP contribution is -2.44. The molecule has 1 atom stereocenters. The highest BCUT2D eigenvalue weighted by Crippen LogP contribution is 2.24. The Hall–Kier alpha value is 0.177. The Bertz CT molecular complexity index is 117. The molecule has 2 heteroatoms. The number of hydrogen-bond acceptors (Lipinski definition) is 1. The summed E-state index contributed by atoms with van der Waals surface area (Å²) in [4.78, 5) is 0. The van der Waals surface area contributed by atoms with Gasteiger partial charge in [-0.1, -0.05) is 26.1 Å². The van der Waals surface area contributed by atoms with Gasteiger partial charge in [0, 0.05) is 12.3 Å². The molecule has 66 valence electrons. The van der Waals surface area contributed by atoms with E-state index in [1.807, 2.05) is 0 Å². The fourth-order valence-corrected chi connectivity index (χ4v) is 3.59. The first-order chi connectivity index (χ1) is 5.17. The summed E-state index contributed by atoms with van der Waals surface area (Å²) in [6.07, 6.45) is 4.00. The van der Waals surface area contributed by atoms with Crippen LogP contribution in [0.2, 0.25) is 19.1 Å². The number of ether oxygens (including phenoxy) is 1. The third kappa shape index (κ3) is 2.31. The molecule has 0 aromatic carbocycles. The minimum atomic E-state index is -0.999. The minimum absolute atomic E-state index is 0.654. The second kappa shape index (κ2) is 3.72. The molecule has 1 saturated heterocycles. The van der Waals surface area contributed by atoms with Crippen LogP contribution in [0.15, 0.2) is 0 Å². The van der Waals surface area contributed by atoms with Crippen LogP contribution in [0.3, 0.4) is 0 Å². The molecule has 0 aliphatic carbocycles. The van der Waals surface area contributed by atoms with E-state index in [0.29, 0.717) is 5.73 Å². The molecule has 0 amide bonds. The quantitative estimate of drug-likeness (QED) is 0.582. The molecule has 0 aromatic heterocycles. The molecule has 1 rings (SSSR count). The maximum Gasteiger partial charge on any atom is 0.0812 e. The Balaban J connectivity index is 2.43. The Kier molecular flexibility index (Phi) is 3.13. The molecule has 1 aliphatic rings. The molecule has 1 unspecified atom stereocenters. The minimum Gasteiger partial charge on any atom is -0.382 e. The fourth-order valence-electron chi connectivity index (χ4n) is 1.58. The highest BCUT2D eigenvalue weighted by atomic mass is 28.3. The van der Waals surface area contributed by atoms with Crippen LogP contribution in [0.5, 0.6) is 0 Å². The molecule has 0 radical (unpaired) electrons. The summed E-state index contributed by atoms with van der Waals surface area (Å²) >= 11 is 0. The molecule has 0 bridgehead atoms. The zero-order valence-corrected chi connectivity index (χ0v) is 9.02. The molecule has 11 heavy (non-hydrogen) atoms. The summed E-state index contributed by atoms with van der Waals surface area (Å²) in [5, 5.41) is 0. The van der Waals surface area contributed by atoms with Crippen molar-refractivity contribution in [2.24, 2.45) is 0 Å². The van der Waals surface area contributed by atoms with Crippen molar-refractivity contribution in [2.45, 2.75) is 51.1 Å². The highest BCUT2D eigenvalue weighted by molar-refractivity contribution is 6.78. The van der Waals surface area contributed by atoms with E-state index in [2.05, 4.69) is 20.0 Å². The molecular formula is C9H20OSi. The molecule has 1 nitrogen and oxygen atoms in total. The van der Waals surface area contributed by atoms with Gasteiger partial charge >= 0.3 is 0 Å². The average molecular weight is 172 g/mol. The lowest BCUT2D eigenvalue weighted by Gasteiger charge is -2.34. The lowest BCUT2D eigenvalue weighted by molar-refractivity contribution is 0.0599. The molecule has 1 heterocycles. The van der Waals surface area contributed by atoms with Crippen LogP contribution in [-0.4, -0.2) is 20.4 Å². The summed E-state index contributed by atoms with van der Waals surface area (Å²) in [6, 6.07) is 1.36. The molecule has 0 spiro atoms. The fraction of sp³-hybridized carbons (Fsp3) is 1.00. The van der Waals surface area contributed by atoms with Crippen molar-refractivity contribution in [3.8, 4) is 0 Å². The monoisotopic (exact) mass is 172 g/mol. The molecule has 0 aromatic rings. The van der Waals surface area contributed by atoms with E-state index in [4.69, 9.17) is 4.74 Å². The largest absolute Gasteiger partial charge is 0.382 e. The molecule has 0 saturated carbocycles. The van der Waals surface area contributed by atoms with Crippen molar-refractivity contribution in [1.29, 1.82) is 0 Å². The van der Waals surface area contributed by atoms with E-state index in [-0.39, 0.29) is 0 Å².